The maximum atomic E-state index is 2.34. The zero-order valence-corrected chi connectivity index (χ0v) is 38.1. The normalized spacial score (nSPS) is 10.9. The molecular formula is C66H49N3. The largest absolute Gasteiger partial charge is 0.311 e. The molecule has 0 aliphatic carbocycles. The van der Waals surface area contributed by atoms with Gasteiger partial charge in [-0.3, -0.25) is 0 Å². The highest BCUT2D eigenvalue weighted by Gasteiger charge is 2.19. The van der Waals surface area contributed by atoms with Crippen LogP contribution in [0.2, 0.25) is 0 Å². The summed E-state index contributed by atoms with van der Waals surface area (Å²) in [6, 6.07) is 106. The lowest BCUT2D eigenvalue weighted by Gasteiger charge is -2.29. The molecule has 0 saturated heterocycles. The average molecular weight is 884 g/mol. The average Bonchev–Trinajstić information content (AvgIpc) is 3.44. The lowest BCUT2D eigenvalue weighted by Crippen LogP contribution is -2.13. The summed E-state index contributed by atoms with van der Waals surface area (Å²) in [5.74, 6) is 0. The van der Waals surface area contributed by atoms with E-state index in [1.54, 1.807) is 0 Å². The molecule has 0 aliphatic heterocycles. The molecule has 0 heterocycles. The molecule has 0 atom stereocenters. The van der Waals surface area contributed by atoms with Crippen molar-refractivity contribution in [3.63, 3.8) is 0 Å². The summed E-state index contributed by atoms with van der Waals surface area (Å²) in [5, 5.41) is 0. The number of benzene rings is 11. The van der Waals surface area contributed by atoms with E-state index in [-0.39, 0.29) is 0 Å². The third-order valence-corrected chi connectivity index (χ3v) is 12.7. The Balaban J connectivity index is 0.942. The van der Waals surface area contributed by atoms with Gasteiger partial charge in [0.05, 0.1) is 0 Å². The number of nitrogens with zero attached hydrogens (tertiary/aromatic N) is 3. The Bertz CT molecular complexity index is 2960. The molecule has 11 aromatic rings. The van der Waals surface area contributed by atoms with Gasteiger partial charge in [-0.1, -0.05) is 188 Å². The van der Waals surface area contributed by atoms with E-state index in [9.17, 15) is 0 Å². The maximum absolute atomic E-state index is 2.34. The van der Waals surface area contributed by atoms with Gasteiger partial charge in [0.1, 0.15) is 0 Å². The third-order valence-electron chi connectivity index (χ3n) is 12.7. The van der Waals surface area contributed by atoms with Crippen LogP contribution in [-0.2, 0) is 0 Å². The Hall–Kier alpha value is -9.18. The van der Waals surface area contributed by atoms with E-state index in [1.165, 1.54) is 44.5 Å². The summed E-state index contributed by atoms with van der Waals surface area (Å²) in [6.45, 7) is 0. The van der Waals surface area contributed by atoms with Crippen LogP contribution in [0.15, 0.2) is 297 Å². The summed E-state index contributed by atoms with van der Waals surface area (Å²) in [5.41, 5.74) is 19.2. The zero-order valence-electron chi connectivity index (χ0n) is 38.1. The van der Waals surface area contributed by atoms with Crippen molar-refractivity contribution in [1.29, 1.82) is 0 Å². The van der Waals surface area contributed by atoms with Crippen LogP contribution < -0.4 is 14.7 Å². The fourth-order valence-corrected chi connectivity index (χ4v) is 9.15. The van der Waals surface area contributed by atoms with Crippen LogP contribution in [0.25, 0.3) is 44.5 Å². The van der Waals surface area contributed by atoms with Crippen molar-refractivity contribution in [2.75, 3.05) is 14.7 Å². The third kappa shape index (κ3) is 9.31. The molecule has 11 aromatic carbocycles. The maximum Gasteiger partial charge on any atom is 0.0463 e. The van der Waals surface area contributed by atoms with E-state index in [2.05, 4.69) is 312 Å². The van der Waals surface area contributed by atoms with Crippen molar-refractivity contribution in [2.45, 2.75) is 0 Å². The van der Waals surface area contributed by atoms with Gasteiger partial charge in [0.25, 0.3) is 0 Å². The van der Waals surface area contributed by atoms with Crippen LogP contribution in [0.4, 0.5) is 51.2 Å². The van der Waals surface area contributed by atoms with Gasteiger partial charge in [-0.05, 0) is 154 Å². The zero-order chi connectivity index (χ0) is 46.2. The minimum atomic E-state index is 1.06. The molecule has 3 nitrogen and oxygen atoms in total. The number of anilines is 9. The van der Waals surface area contributed by atoms with Crippen molar-refractivity contribution in [2.24, 2.45) is 0 Å². The SMILES string of the molecule is c1ccc(-c2ccc(N(c3ccc(-c4ccccc4)cc3)c3ccc(N(c4ccccc4)c4ccc(N(c5ccc(-c6ccccc6)cc5)c5ccc(-c6ccccc6)cc5)cc4)cc3)cc2)cc1. The van der Waals surface area contributed by atoms with Gasteiger partial charge < -0.3 is 14.7 Å². The molecule has 0 radical (unpaired) electrons. The number of hydrogen-bond acceptors (Lipinski definition) is 3. The predicted octanol–water partition coefficient (Wildman–Crippen LogP) is 18.8. The van der Waals surface area contributed by atoms with Crippen LogP contribution in [-0.4, -0.2) is 0 Å². The van der Waals surface area contributed by atoms with Crippen molar-refractivity contribution in [3.8, 4) is 44.5 Å². The van der Waals surface area contributed by atoms with Gasteiger partial charge in [0, 0.05) is 51.2 Å². The fraction of sp³-hybridized carbons (Fsp3) is 0. The molecule has 0 aliphatic rings. The molecule has 0 N–H and O–H groups in total. The monoisotopic (exact) mass is 883 g/mol. The summed E-state index contributed by atoms with van der Waals surface area (Å²) in [4.78, 5) is 7.00. The van der Waals surface area contributed by atoms with Gasteiger partial charge in [0.2, 0.25) is 0 Å². The highest BCUT2D eigenvalue weighted by atomic mass is 15.2. The van der Waals surface area contributed by atoms with Crippen molar-refractivity contribution >= 4 is 51.2 Å². The van der Waals surface area contributed by atoms with E-state index in [0.29, 0.717) is 0 Å². The Labute approximate surface area is 405 Å². The van der Waals surface area contributed by atoms with Crippen molar-refractivity contribution in [1.82, 2.24) is 0 Å². The van der Waals surface area contributed by atoms with Crippen LogP contribution >= 0.6 is 0 Å². The highest BCUT2D eigenvalue weighted by molar-refractivity contribution is 5.85. The second kappa shape index (κ2) is 19.7. The Morgan fingerprint density at radius 3 is 0.435 bits per heavy atom. The molecule has 11 rings (SSSR count). The van der Waals surface area contributed by atoms with Crippen LogP contribution in [0.1, 0.15) is 0 Å². The second-order valence-electron chi connectivity index (χ2n) is 17.0. The Kier molecular flexibility index (Phi) is 12.1. The molecule has 0 bridgehead atoms. The number of hydrogen-bond donors (Lipinski definition) is 0. The van der Waals surface area contributed by atoms with E-state index in [4.69, 9.17) is 0 Å². The van der Waals surface area contributed by atoms with E-state index in [0.717, 1.165) is 51.2 Å². The van der Waals surface area contributed by atoms with E-state index in [1.807, 2.05) is 0 Å². The van der Waals surface area contributed by atoms with Crippen molar-refractivity contribution in [3.05, 3.63) is 297 Å². The van der Waals surface area contributed by atoms with Gasteiger partial charge in [-0.15, -0.1) is 0 Å². The minimum Gasteiger partial charge on any atom is -0.311 e. The first-order valence-corrected chi connectivity index (χ1v) is 23.5. The van der Waals surface area contributed by atoms with Gasteiger partial charge in [-0.25, -0.2) is 0 Å². The molecule has 69 heavy (non-hydrogen) atoms. The number of rotatable bonds is 13. The summed E-state index contributed by atoms with van der Waals surface area (Å²) in [7, 11) is 0. The number of para-hydroxylation sites is 1. The highest BCUT2D eigenvalue weighted by Crippen LogP contribution is 2.42. The lowest BCUT2D eigenvalue weighted by molar-refractivity contribution is 1.24. The van der Waals surface area contributed by atoms with Crippen LogP contribution in [0.3, 0.4) is 0 Å². The van der Waals surface area contributed by atoms with Crippen LogP contribution in [0.5, 0.6) is 0 Å². The molecule has 328 valence electrons. The van der Waals surface area contributed by atoms with Gasteiger partial charge in [-0.2, -0.15) is 0 Å². The van der Waals surface area contributed by atoms with Gasteiger partial charge in [0.15, 0.2) is 0 Å². The first-order chi connectivity index (χ1) is 34.2. The first kappa shape index (κ1) is 42.5. The molecule has 0 aromatic heterocycles. The quantitative estimate of drug-likeness (QED) is 0.114. The summed E-state index contributed by atoms with van der Waals surface area (Å²) < 4.78 is 0. The topological polar surface area (TPSA) is 9.72 Å². The standard InChI is InChI=1S/C66H49N3/c1-6-16-50(17-7-1)54-26-34-59(35-27-54)68(60-36-28-55(29-37-60)51-18-8-2-9-19-51)65-46-42-63(43-47-65)67(58-24-14-5-15-25-58)64-44-48-66(49-45-64)69(61-38-30-56(31-39-61)52-20-10-3-11-21-52)62-40-32-57(33-41-62)53-22-12-4-13-23-53/h1-49H. The Morgan fingerprint density at radius 2 is 0.246 bits per heavy atom. The fourth-order valence-electron chi connectivity index (χ4n) is 9.15. The van der Waals surface area contributed by atoms with Crippen molar-refractivity contribution < 1.29 is 0 Å². The lowest BCUT2D eigenvalue weighted by atomic mass is 10.0. The second-order valence-corrected chi connectivity index (χ2v) is 17.0. The Morgan fingerprint density at radius 1 is 0.116 bits per heavy atom. The molecular weight excluding hydrogens is 835 g/mol. The molecule has 0 saturated carbocycles. The molecule has 3 heteroatoms. The van der Waals surface area contributed by atoms with Crippen LogP contribution in [0, 0.1) is 0 Å². The van der Waals surface area contributed by atoms with E-state index >= 15 is 0 Å². The predicted molar refractivity (Wildman–Crippen MR) is 292 cm³/mol. The van der Waals surface area contributed by atoms with E-state index < -0.39 is 0 Å². The van der Waals surface area contributed by atoms with Gasteiger partial charge >= 0.3 is 0 Å². The summed E-state index contributed by atoms with van der Waals surface area (Å²) >= 11 is 0. The molecule has 0 spiro atoms. The molecule has 0 fully saturated rings. The molecule has 0 unspecified atom stereocenters. The molecule has 0 amide bonds. The smallest absolute Gasteiger partial charge is 0.0463 e. The first-order valence-electron chi connectivity index (χ1n) is 23.5. The summed E-state index contributed by atoms with van der Waals surface area (Å²) in [6.07, 6.45) is 0. The minimum absolute atomic E-state index is 1.06.